The molecule has 2 aromatic carbocycles. The molecule has 0 aliphatic carbocycles. The zero-order valence-electron chi connectivity index (χ0n) is 10.0. The van der Waals surface area contributed by atoms with Crippen molar-refractivity contribution in [2.45, 2.75) is 6.92 Å². The first-order valence-electron chi connectivity index (χ1n) is 5.47. The molecule has 0 radical (unpaired) electrons. The van der Waals surface area contributed by atoms with E-state index < -0.39 is 17.5 Å². The first kappa shape index (κ1) is 12.5. The fourth-order valence-corrected chi connectivity index (χ4v) is 1.98. The molecule has 1 nitrogen and oxygen atoms in total. The molecule has 0 unspecified atom stereocenters. The molecular weight excluding hydrogens is 239 g/mol. The van der Waals surface area contributed by atoms with E-state index in [-0.39, 0.29) is 5.56 Å². The number of halogens is 3. The Morgan fingerprint density at radius 3 is 2.17 bits per heavy atom. The molecule has 2 aromatic rings. The van der Waals surface area contributed by atoms with Crippen LogP contribution in [-0.4, -0.2) is 7.05 Å². The summed E-state index contributed by atoms with van der Waals surface area (Å²) in [6.45, 7) is 1.75. The lowest BCUT2D eigenvalue weighted by Crippen LogP contribution is -1.97. The third-order valence-corrected chi connectivity index (χ3v) is 2.88. The van der Waals surface area contributed by atoms with Crippen LogP contribution in [0.2, 0.25) is 0 Å². The second-order valence-corrected chi connectivity index (χ2v) is 3.97. The molecule has 0 bridgehead atoms. The quantitative estimate of drug-likeness (QED) is 0.846. The normalized spacial score (nSPS) is 10.5. The predicted octanol–water partition coefficient (Wildman–Crippen LogP) is 4.12. The molecule has 18 heavy (non-hydrogen) atoms. The minimum atomic E-state index is -0.920. The lowest BCUT2D eigenvalue weighted by atomic mass is 9.98. The van der Waals surface area contributed by atoms with Gasteiger partial charge in [0.05, 0.1) is 5.56 Å². The van der Waals surface area contributed by atoms with Gasteiger partial charge < -0.3 is 5.32 Å². The van der Waals surface area contributed by atoms with Gasteiger partial charge in [-0.2, -0.15) is 0 Å². The maximum atomic E-state index is 13.7. The van der Waals surface area contributed by atoms with Crippen molar-refractivity contribution < 1.29 is 13.2 Å². The molecule has 0 heterocycles. The van der Waals surface area contributed by atoms with Crippen LogP contribution >= 0.6 is 0 Å². The van der Waals surface area contributed by atoms with Crippen LogP contribution in [0.5, 0.6) is 0 Å². The van der Waals surface area contributed by atoms with Crippen molar-refractivity contribution in [3.05, 3.63) is 53.3 Å². The summed E-state index contributed by atoms with van der Waals surface area (Å²) in [6, 6.07) is 6.47. The molecule has 0 spiro atoms. The van der Waals surface area contributed by atoms with Gasteiger partial charge in [0.1, 0.15) is 17.5 Å². The number of nitrogens with one attached hydrogen (secondary N) is 1. The van der Waals surface area contributed by atoms with Crippen molar-refractivity contribution in [2.75, 3.05) is 12.4 Å². The van der Waals surface area contributed by atoms with Gasteiger partial charge >= 0.3 is 0 Å². The second-order valence-electron chi connectivity index (χ2n) is 3.97. The van der Waals surface area contributed by atoms with Crippen molar-refractivity contribution in [1.82, 2.24) is 0 Å². The van der Waals surface area contributed by atoms with Crippen molar-refractivity contribution in [3.8, 4) is 11.1 Å². The predicted molar refractivity (Wildman–Crippen MR) is 66.0 cm³/mol. The zero-order chi connectivity index (χ0) is 13.3. The smallest absolute Gasteiger partial charge is 0.136 e. The Bertz CT molecular complexity index is 571. The highest BCUT2D eigenvalue weighted by Crippen LogP contribution is 2.32. The van der Waals surface area contributed by atoms with Crippen LogP contribution < -0.4 is 5.32 Å². The van der Waals surface area contributed by atoms with E-state index in [0.29, 0.717) is 23.3 Å². The number of hydrogen-bond donors (Lipinski definition) is 1. The molecule has 4 heteroatoms. The zero-order valence-corrected chi connectivity index (χ0v) is 10.0. The standard InChI is InChI=1S/C14H12F3N/c1-8-10(4-3-5-13(8)18-2)14-11(16)6-9(15)7-12(14)17/h3-7,18H,1-2H3. The fraction of sp³-hybridized carbons (Fsp3) is 0.143. The summed E-state index contributed by atoms with van der Waals surface area (Å²) in [6.07, 6.45) is 0. The molecule has 0 aliphatic heterocycles. The maximum Gasteiger partial charge on any atom is 0.136 e. The highest BCUT2D eigenvalue weighted by molar-refractivity contribution is 5.74. The molecule has 2 rings (SSSR count). The highest BCUT2D eigenvalue weighted by Gasteiger charge is 2.16. The van der Waals surface area contributed by atoms with Crippen LogP contribution in [0.1, 0.15) is 5.56 Å². The van der Waals surface area contributed by atoms with Crippen LogP contribution in [0, 0.1) is 24.4 Å². The van der Waals surface area contributed by atoms with Crippen LogP contribution in [0.3, 0.4) is 0 Å². The van der Waals surface area contributed by atoms with Gasteiger partial charge in [-0.15, -0.1) is 0 Å². The van der Waals surface area contributed by atoms with Gasteiger partial charge in [-0.3, -0.25) is 0 Å². The summed E-state index contributed by atoms with van der Waals surface area (Å²) in [4.78, 5) is 0. The van der Waals surface area contributed by atoms with Gasteiger partial charge in [-0.05, 0) is 24.1 Å². The molecule has 0 aromatic heterocycles. The topological polar surface area (TPSA) is 12.0 Å². The van der Waals surface area contributed by atoms with E-state index in [4.69, 9.17) is 0 Å². The van der Waals surface area contributed by atoms with E-state index >= 15 is 0 Å². The fourth-order valence-electron chi connectivity index (χ4n) is 1.98. The third kappa shape index (κ3) is 2.06. The minimum absolute atomic E-state index is 0.203. The summed E-state index contributed by atoms with van der Waals surface area (Å²) in [5.41, 5.74) is 1.70. The highest BCUT2D eigenvalue weighted by atomic mass is 19.1. The third-order valence-electron chi connectivity index (χ3n) is 2.88. The Morgan fingerprint density at radius 1 is 1.00 bits per heavy atom. The molecule has 0 amide bonds. The number of hydrogen-bond acceptors (Lipinski definition) is 1. The van der Waals surface area contributed by atoms with Gasteiger partial charge in [-0.1, -0.05) is 12.1 Å². The maximum absolute atomic E-state index is 13.7. The average molecular weight is 251 g/mol. The summed E-state index contributed by atoms with van der Waals surface area (Å²) < 4.78 is 40.3. The molecule has 0 atom stereocenters. The molecule has 94 valence electrons. The minimum Gasteiger partial charge on any atom is -0.388 e. The first-order valence-corrected chi connectivity index (χ1v) is 5.47. The monoisotopic (exact) mass is 251 g/mol. The molecule has 1 N–H and O–H groups in total. The van der Waals surface area contributed by atoms with Gasteiger partial charge in [0.15, 0.2) is 0 Å². The summed E-state index contributed by atoms with van der Waals surface area (Å²) in [5, 5.41) is 2.94. The Balaban J connectivity index is 2.70. The van der Waals surface area contributed by atoms with Crippen LogP contribution in [-0.2, 0) is 0 Å². The largest absolute Gasteiger partial charge is 0.388 e. The Morgan fingerprint density at radius 2 is 1.61 bits per heavy atom. The van der Waals surface area contributed by atoms with E-state index in [1.54, 1.807) is 32.2 Å². The SMILES string of the molecule is CNc1cccc(-c2c(F)cc(F)cc2F)c1C. The molecule has 0 aliphatic rings. The lowest BCUT2D eigenvalue weighted by molar-refractivity contribution is 0.548. The van der Waals surface area contributed by atoms with E-state index in [0.717, 1.165) is 5.69 Å². The summed E-state index contributed by atoms with van der Waals surface area (Å²) in [7, 11) is 1.73. The second kappa shape index (κ2) is 4.72. The van der Waals surface area contributed by atoms with Crippen molar-refractivity contribution in [1.29, 1.82) is 0 Å². The summed E-state index contributed by atoms with van der Waals surface area (Å²) in [5.74, 6) is -2.72. The van der Waals surface area contributed by atoms with E-state index in [1.165, 1.54) is 0 Å². The van der Waals surface area contributed by atoms with E-state index in [9.17, 15) is 13.2 Å². The number of benzene rings is 2. The Kier molecular flexibility index (Phi) is 3.28. The van der Waals surface area contributed by atoms with Crippen molar-refractivity contribution in [3.63, 3.8) is 0 Å². The Hall–Kier alpha value is -1.97. The molecule has 0 fully saturated rings. The van der Waals surface area contributed by atoms with Gasteiger partial charge in [0, 0.05) is 24.9 Å². The van der Waals surface area contributed by atoms with Crippen LogP contribution in [0.15, 0.2) is 30.3 Å². The Labute approximate surface area is 103 Å². The first-order chi connectivity index (χ1) is 8.54. The molecule has 0 saturated carbocycles. The van der Waals surface area contributed by atoms with Crippen LogP contribution in [0.25, 0.3) is 11.1 Å². The van der Waals surface area contributed by atoms with E-state index in [1.807, 2.05) is 0 Å². The van der Waals surface area contributed by atoms with Gasteiger partial charge in [0.25, 0.3) is 0 Å². The number of rotatable bonds is 2. The number of anilines is 1. The van der Waals surface area contributed by atoms with Gasteiger partial charge in [0.2, 0.25) is 0 Å². The summed E-state index contributed by atoms with van der Waals surface area (Å²) >= 11 is 0. The lowest BCUT2D eigenvalue weighted by Gasteiger charge is -2.12. The molecular formula is C14H12F3N. The average Bonchev–Trinajstić information content (AvgIpc) is 2.30. The van der Waals surface area contributed by atoms with E-state index in [2.05, 4.69) is 5.32 Å². The van der Waals surface area contributed by atoms with Crippen molar-refractivity contribution in [2.24, 2.45) is 0 Å². The van der Waals surface area contributed by atoms with Gasteiger partial charge in [-0.25, -0.2) is 13.2 Å². The van der Waals surface area contributed by atoms with Crippen LogP contribution in [0.4, 0.5) is 18.9 Å². The molecule has 0 saturated heterocycles. The van der Waals surface area contributed by atoms with Crippen molar-refractivity contribution >= 4 is 5.69 Å².